The molecule has 0 aliphatic heterocycles. The standard InChI is InChI=1S/C14H18F3N5/c1-10-7-12(22(2)21-10)9-18-5-6-19-13-4-3-11(8-20-13)14(15,16)17/h3-4,7-8,18H,5-6,9H2,1-2H3,(H,19,20). The van der Waals surface area contributed by atoms with E-state index in [4.69, 9.17) is 0 Å². The van der Waals surface area contributed by atoms with Gasteiger partial charge in [-0.2, -0.15) is 18.3 Å². The SMILES string of the molecule is Cc1cc(CNCCNc2ccc(C(F)(F)F)cn2)n(C)n1. The van der Waals surface area contributed by atoms with Crippen molar-refractivity contribution in [2.24, 2.45) is 7.05 Å². The summed E-state index contributed by atoms with van der Waals surface area (Å²) in [6, 6.07) is 4.34. The Balaban J connectivity index is 1.71. The molecule has 0 saturated carbocycles. The average Bonchev–Trinajstić information content (AvgIpc) is 2.76. The minimum Gasteiger partial charge on any atom is -0.369 e. The smallest absolute Gasteiger partial charge is 0.369 e. The number of nitrogens with zero attached hydrogens (tertiary/aromatic N) is 3. The highest BCUT2D eigenvalue weighted by atomic mass is 19.4. The van der Waals surface area contributed by atoms with Crippen LogP contribution in [0, 0.1) is 6.92 Å². The highest BCUT2D eigenvalue weighted by molar-refractivity contribution is 5.36. The van der Waals surface area contributed by atoms with E-state index >= 15 is 0 Å². The summed E-state index contributed by atoms with van der Waals surface area (Å²) < 4.78 is 39.0. The minimum atomic E-state index is -4.35. The van der Waals surface area contributed by atoms with Crippen molar-refractivity contribution in [3.63, 3.8) is 0 Å². The van der Waals surface area contributed by atoms with Crippen LogP contribution in [0.4, 0.5) is 19.0 Å². The Hall–Kier alpha value is -2.09. The van der Waals surface area contributed by atoms with Crippen LogP contribution in [0.1, 0.15) is 17.0 Å². The summed E-state index contributed by atoms with van der Waals surface area (Å²) in [5.41, 5.74) is 1.29. The second kappa shape index (κ2) is 6.78. The van der Waals surface area contributed by atoms with Crippen LogP contribution >= 0.6 is 0 Å². The van der Waals surface area contributed by atoms with Crippen LogP contribution < -0.4 is 10.6 Å². The third-order valence-corrected chi connectivity index (χ3v) is 3.10. The summed E-state index contributed by atoms with van der Waals surface area (Å²) in [6.07, 6.45) is -3.53. The van der Waals surface area contributed by atoms with Crippen molar-refractivity contribution in [1.29, 1.82) is 0 Å². The first-order chi connectivity index (χ1) is 10.4. The fourth-order valence-corrected chi connectivity index (χ4v) is 1.99. The largest absolute Gasteiger partial charge is 0.417 e. The molecule has 2 aromatic heterocycles. The fraction of sp³-hybridized carbons (Fsp3) is 0.429. The van der Waals surface area contributed by atoms with Crippen molar-refractivity contribution < 1.29 is 13.2 Å². The first kappa shape index (κ1) is 16.3. The van der Waals surface area contributed by atoms with Crippen molar-refractivity contribution in [2.45, 2.75) is 19.6 Å². The maximum atomic E-state index is 12.4. The van der Waals surface area contributed by atoms with Gasteiger partial charge in [-0.25, -0.2) is 4.98 Å². The molecule has 5 nitrogen and oxygen atoms in total. The van der Waals surface area contributed by atoms with Gasteiger partial charge < -0.3 is 10.6 Å². The van der Waals surface area contributed by atoms with Crippen molar-refractivity contribution in [3.8, 4) is 0 Å². The van der Waals surface area contributed by atoms with E-state index in [1.807, 2.05) is 24.7 Å². The first-order valence-electron chi connectivity index (χ1n) is 6.83. The Morgan fingerprint density at radius 3 is 2.55 bits per heavy atom. The Labute approximate surface area is 126 Å². The van der Waals surface area contributed by atoms with Gasteiger partial charge in [-0.15, -0.1) is 0 Å². The first-order valence-corrected chi connectivity index (χ1v) is 6.83. The van der Waals surface area contributed by atoms with E-state index in [0.29, 0.717) is 25.5 Å². The quantitative estimate of drug-likeness (QED) is 0.804. The van der Waals surface area contributed by atoms with E-state index in [-0.39, 0.29) is 0 Å². The zero-order valence-electron chi connectivity index (χ0n) is 12.4. The molecule has 2 rings (SSSR count). The van der Waals surface area contributed by atoms with E-state index in [1.165, 1.54) is 6.07 Å². The van der Waals surface area contributed by atoms with E-state index < -0.39 is 11.7 Å². The number of rotatable bonds is 6. The molecule has 0 unspecified atom stereocenters. The molecule has 2 aromatic rings. The molecule has 8 heteroatoms. The number of aryl methyl sites for hydroxylation is 2. The normalized spacial score (nSPS) is 11.7. The topological polar surface area (TPSA) is 54.8 Å². The average molecular weight is 313 g/mol. The zero-order chi connectivity index (χ0) is 16.2. The van der Waals surface area contributed by atoms with E-state index in [9.17, 15) is 13.2 Å². The number of anilines is 1. The molecule has 2 N–H and O–H groups in total. The van der Waals surface area contributed by atoms with Crippen molar-refractivity contribution >= 4 is 5.82 Å². The Kier molecular flexibility index (Phi) is 5.02. The van der Waals surface area contributed by atoms with Gasteiger partial charge in [-0.1, -0.05) is 0 Å². The van der Waals surface area contributed by atoms with Crippen LogP contribution in [0.3, 0.4) is 0 Å². The molecule has 0 amide bonds. The van der Waals surface area contributed by atoms with Crippen molar-refractivity contribution in [3.05, 3.63) is 41.3 Å². The number of hydrogen-bond acceptors (Lipinski definition) is 4. The maximum Gasteiger partial charge on any atom is 0.417 e. The molecule has 0 aromatic carbocycles. The summed E-state index contributed by atoms with van der Waals surface area (Å²) in [5, 5.41) is 10.4. The van der Waals surface area contributed by atoms with Gasteiger partial charge in [-0.3, -0.25) is 4.68 Å². The molecule has 0 aliphatic rings. The van der Waals surface area contributed by atoms with E-state index in [1.54, 1.807) is 0 Å². The fourth-order valence-electron chi connectivity index (χ4n) is 1.99. The van der Waals surface area contributed by atoms with Crippen LogP contribution in [-0.2, 0) is 19.8 Å². The van der Waals surface area contributed by atoms with Crippen LogP contribution in [0.2, 0.25) is 0 Å². The number of pyridine rings is 1. The van der Waals surface area contributed by atoms with Crippen molar-refractivity contribution in [2.75, 3.05) is 18.4 Å². The van der Waals surface area contributed by atoms with Gasteiger partial charge in [-0.05, 0) is 25.1 Å². The molecule has 0 bridgehead atoms. The molecular formula is C14H18F3N5. The lowest BCUT2D eigenvalue weighted by atomic mass is 10.3. The van der Waals surface area contributed by atoms with Gasteiger partial charge in [0.2, 0.25) is 0 Å². The Morgan fingerprint density at radius 1 is 1.23 bits per heavy atom. The number of nitrogens with one attached hydrogen (secondary N) is 2. The van der Waals surface area contributed by atoms with Gasteiger partial charge in [0, 0.05) is 32.9 Å². The van der Waals surface area contributed by atoms with Gasteiger partial charge in [0.05, 0.1) is 17.0 Å². The van der Waals surface area contributed by atoms with Gasteiger partial charge in [0.25, 0.3) is 0 Å². The lowest BCUT2D eigenvalue weighted by Gasteiger charge is -2.09. The zero-order valence-corrected chi connectivity index (χ0v) is 12.4. The van der Waals surface area contributed by atoms with Crippen LogP contribution in [0.15, 0.2) is 24.4 Å². The van der Waals surface area contributed by atoms with Gasteiger partial charge >= 0.3 is 6.18 Å². The molecule has 0 spiro atoms. The summed E-state index contributed by atoms with van der Waals surface area (Å²) in [5.74, 6) is 0.422. The number of halogens is 3. The molecule has 0 atom stereocenters. The molecule has 0 aliphatic carbocycles. The molecule has 0 saturated heterocycles. The maximum absolute atomic E-state index is 12.4. The second-order valence-corrected chi connectivity index (χ2v) is 4.93. The summed E-state index contributed by atoms with van der Waals surface area (Å²) in [4.78, 5) is 3.75. The molecular weight excluding hydrogens is 295 g/mol. The highest BCUT2D eigenvalue weighted by Crippen LogP contribution is 2.28. The minimum absolute atomic E-state index is 0.422. The van der Waals surface area contributed by atoms with Crippen LogP contribution in [0.25, 0.3) is 0 Å². The highest BCUT2D eigenvalue weighted by Gasteiger charge is 2.30. The van der Waals surface area contributed by atoms with Crippen molar-refractivity contribution in [1.82, 2.24) is 20.1 Å². The number of aromatic nitrogens is 3. The molecule has 0 fully saturated rings. The molecule has 22 heavy (non-hydrogen) atoms. The molecule has 2 heterocycles. The van der Waals surface area contributed by atoms with Crippen LogP contribution in [0.5, 0.6) is 0 Å². The Morgan fingerprint density at radius 2 is 2.00 bits per heavy atom. The summed E-state index contributed by atoms with van der Waals surface area (Å²) >= 11 is 0. The third kappa shape index (κ3) is 4.45. The summed E-state index contributed by atoms with van der Waals surface area (Å²) in [6.45, 7) is 3.84. The third-order valence-electron chi connectivity index (χ3n) is 3.10. The van der Waals surface area contributed by atoms with Gasteiger partial charge in [0.15, 0.2) is 0 Å². The number of alkyl halides is 3. The molecule has 0 radical (unpaired) electrons. The second-order valence-electron chi connectivity index (χ2n) is 4.93. The Bertz CT molecular complexity index is 604. The van der Waals surface area contributed by atoms with E-state index in [2.05, 4.69) is 20.7 Å². The summed E-state index contributed by atoms with van der Waals surface area (Å²) in [7, 11) is 1.88. The van der Waals surface area contributed by atoms with Gasteiger partial charge in [0.1, 0.15) is 5.82 Å². The number of hydrogen-bond donors (Lipinski definition) is 2. The monoisotopic (exact) mass is 313 g/mol. The van der Waals surface area contributed by atoms with Crippen LogP contribution in [-0.4, -0.2) is 27.9 Å². The van der Waals surface area contributed by atoms with E-state index in [0.717, 1.165) is 23.7 Å². The lowest BCUT2D eigenvalue weighted by molar-refractivity contribution is -0.137. The molecule has 120 valence electrons. The lowest BCUT2D eigenvalue weighted by Crippen LogP contribution is -2.23. The predicted octanol–water partition coefficient (Wildman–Crippen LogP) is 2.34. The predicted molar refractivity (Wildman–Crippen MR) is 77.4 cm³/mol.